The Labute approximate surface area is 150 Å². The predicted molar refractivity (Wildman–Crippen MR) is 90.9 cm³/mol. The maximum atomic E-state index is 13.7. The van der Waals surface area contributed by atoms with Gasteiger partial charge in [-0.15, -0.1) is 0 Å². The first-order chi connectivity index (χ1) is 12.8. The lowest BCUT2D eigenvalue weighted by molar-refractivity contribution is -0.248. The number of rotatable bonds is 3. The average Bonchev–Trinajstić information content (AvgIpc) is 3.30. The van der Waals surface area contributed by atoms with Gasteiger partial charge in [0.25, 0.3) is 0 Å². The Hall–Kier alpha value is -3.13. The van der Waals surface area contributed by atoms with Crippen LogP contribution in [0.2, 0.25) is 0 Å². The van der Waals surface area contributed by atoms with Crippen molar-refractivity contribution in [2.24, 2.45) is 0 Å². The minimum Gasteiger partial charge on any atom is -0.372 e. The summed E-state index contributed by atoms with van der Waals surface area (Å²) in [6.45, 7) is 0. The van der Waals surface area contributed by atoms with Gasteiger partial charge in [-0.1, -0.05) is 6.07 Å². The van der Waals surface area contributed by atoms with Gasteiger partial charge in [0.15, 0.2) is 0 Å². The summed E-state index contributed by atoms with van der Waals surface area (Å²) in [5, 5.41) is 15.2. The van der Waals surface area contributed by atoms with Crippen LogP contribution in [0.5, 0.6) is 0 Å². The van der Waals surface area contributed by atoms with Crippen molar-refractivity contribution in [2.45, 2.75) is 11.8 Å². The molecule has 4 nitrogen and oxygen atoms in total. The third-order valence-corrected chi connectivity index (χ3v) is 4.48. The molecule has 0 spiro atoms. The number of nitrogens with zero attached hydrogens (tertiary/aromatic N) is 2. The Morgan fingerprint density at radius 2 is 1.70 bits per heavy atom. The second-order valence-corrected chi connectivity index (χ2v) is 6.11. The minimum atomic E-state index is -4.92. The number of hydrogen-bond donors (Lipinski definition) is 2. The van der Waals surface area contributed by atoms with E-state index in [1.807, 2.05) is 0 Å². The second kappa shape index (κ2) is 5.95. The molecule has 0 fully saturated rings. The van der Waals surface area contributed by atoms with E-state index in [0.29, 0.717) is 16.6 Å². The monoisotopic (exact) mass is 375 g/mol. The highest BCUT2D eigenvalue weighted by molar-refractivity contribution is 5.81. The molecule has 138 valence electrons. The van der Waals surface area contributed by atoms with Crippen molar-refractivity contribution in [2.75, 3.05) is 0 Å². The van der Waals surface area contributed by atoms with Crippen LogP contribution in [0.25, 0.3) is 16.6 Å². The zero-order valence-electron chi connectivity index (χ0n) is 13.7. The van der Waals surface area contributed by atoms with E-state index in [9.17, 15) is 22.7 Å². The Bertz CT molecular complexity index is 1080. The minimum absolute atomic E-state index is 0.305. The molecular weight excluding hydrogens is 362 g/mol. The molecule has 0 amide bonds. The summed E-state index contributed by atoms with van der Waals surface area (Å²) >= 11 is 0. The van der Waals surface area contributed by atoms with Crippen LogP contribution in [-0.4, -0.2) is 26.0 Å². The van der Waals surface area contributed by atoms with Gasteiger partial charge >= 0.3 is 6.18 Å². The van der Waals surface area contributed by atoms with E-state index in [2.05, 4.69) is 10.1 Å². The van der Waals surface area contributed by atoms with Crippen LogP contribution in [0.15, 0.2) is 67.1 Å². The standard InChI is InChI=1S/C19H13F4N3O/c20-15-2-4-16(5-3-15)26-17-6-1-13(9-12(17)10-25-26)18(27,19(21,22)23)14-7-8-24-11-14/h1-11,24,27H. The largest absolute Gasteiger partial charge is 0.425 e. The van der Waals surface area contributed by atoms with Gasteiger partial charge in [0.1, 0.15) is 5.82 Å². The molecule has 0 bridgehead atoms. The second-order valence-electron chi connectivity index (χ2n) is 6.11. The highest BCUT2D eigenvalue weighted by atomic mass is 19.4. The van der Waals surface area contributed by atoms with Gasteiger partial charge in [-0.25, -0.2) is 9.07 Å². The molecule has 8 heteroatoms. The Morgan fingerprint density at radius 1 is 0.963 bits per heavy atom. The lowest BCUT2D eigenvalue weighted by atomic mass is 9.87. The average molecular weight is 375 g/mol. The fourth-order valence-corrected chi connectivity index (χ4v) is 3.09. The number of nitrogens with one attached hydrogen (secondary N) is 1. The first-order valence-corrected chi connectivity index (χ1v) is 7.97. The number of benzene rings is 2. The molecule has 2 heterocycles. The molecule has 1 atom stereocenters. The number of H-pyrrole nitrogens is 1. The van der Waals surface area contributed by atoms with Crippen molar-refractivity contribution in [3.8, 4) is 5.69 Å². The SMILES string of the molecule is OC(c1cc[nH]c1)(c1ccc2c(cnn2-c2ccc(F)cc2)c1)C(F)(F)F. The highest BCUT2D eigenvalue weighted by Crippen LogP contribution is 2.44. The lowest BCUT2D eigenvalue weighted by Crippen LogP contribution is -2.43. The van der Waals surface area contributed by atoms with E-state index in [0.717, 1.165) is 6.20 Å². The molecule has 0 radical (unpaired) electrons. The topological polar surface area (TPSA) is 53.8 Å². The molecule has 4 rings (SSSR count). The van der Waals surface area contributed by atoms with Crippen LogP contribution in [0, 0.1) is 5.82 Å². The van der Waals surface area contributed by atoms with Crippen molar-refractivity contribution >= 4 is 10.9 Å². The van der Waals surface area contributed by atoms with Gasteiger partial charge in [0, 0.05) is 23.3 Å². The number of alkyl halides is 3. The molecule has 0 saturated carbocycles. The predicted octanol–water partition coefficient (Wildman–Crippen LogP) is 4.29. The molecule has 0 saturated heterocycles. The van der Waals surface area contributed by atoms with Crippen LogP contribution in [0.3, 0.4) is 0 Å². The molecule has 0 aliphatic heterocycles. The molecule has 2 aromatic carbocycles. The maximum Gasteiger partial charge on any atom is 0.425 e. The van der Waals surface area contributed by atoms with Crippen LogP contribution in [0.4, 0.5) is 17.6 Å². The van der Waals surface area contributed by atoms with Crippen LogP contribution in [0.1, 0.15) is 11.1 Å². The number of hydrogen-bond acceptors (Lipinski definition) is 2. The van der Waals surface area contributed by atoms with E-state index in [4.69, 9.17) is 0 Å². The number of aliphatic hydroxyl groups is 1. The summed E-state index contributed by atoms with van der Waals surface area (Å²) in [4.78, 5) is 2.54. The number of fused-ring (bicyclic) bond motifs is 1. The fourth-order valence-electron chi connectivity index (χ4n) is 3.09. The van der Waals surface area contributed by atoms with Crippen molar-refractivity contribution in [1.29, 1.82) is 0 Å². The van der Waals surface area contributed by atoms with Gasteiger partial charge in [-0.3, -0.25) is 0 Å². The molecule has 2 aromatic heterocycles. The third-order valence-electron chi connectivity index (χ3n) is 4.48. The van der Waals surface area contributed by atoms with Crippen molar-refractivity contribution in [3.05, 3.63) is 84.1 Å². The first-order valence-electron chi connectivity index (χ1n) is 7.97. The summed E-state index contributed by atoms with van der Waals surface area (Å²) in [6, 6.07) is 10.7. The molecule has 1 unspecified atom stereocenters. The lowest BCUT2D eigenvalue weighted by Gasteiger charge is -2.30. The van der Waals surface area contributed by atoms with Gasteiger partial charge in [-0.05, 0) is 48.0 Å². The van der Waals surface area contributed by atoms with E-state index >= 15 is 0 Å². The van der Waals surface area contributed by atoms with Crippen LogP contribution < -0.4 is 0 Å². The van der Waals surface area contributed by atoms with E-state index in [1.165, 1.54) is 65.6 Å². The Kier molecular flexibility index (Phi) is 3.81. The number of aromatic amines is 1. The van der Waals surface area contributed by atoms with Gasteiger partial charge < -0.3 is 10.1 Å². The molecule has 27 heavy (non-hydrogen) atoms. The molecule has 2 N–H and O–H groups in total. The third kappa shape index (κ3) is 2.69. The van der Waals surface area contributed by atoms with E-state index in [1.54, 1.807) is 0 Å². The van der Waals surface area contributed by atoms with Crippen molar-refractivity contribution < 1.29 is 22.7 Å². The van der Waals surface area contributed by atoms with Gasteiger partial charge in [-0.2, -0.15) is 18.3 Å². The van der Waals surface area contributed by atoms with Gasteiger partial charge in [0.2, 0.25) is 5.60 Å². The maximum absolute atomic E-state index is 13.7. The van der Waals surface area contributed by atoms with E-state index in [-0.39, 0.29) is 11.1 Å². The van der Waals surface area contributed by atoms with Crippen LogP contribution in [-0.2, 0) is 5.60 Å². The molecule has 4 aromatic rings. The molecule has 0 aliphatic rings. The zero-order chi connectivity index (χ0) is 19.2. The zero-order valence-corrected chi connectivity index (χ0v) is 13.7. The molecular formula is C19H13F4N3O. The summed E-state index contributed by atoms with van der Waals surface area (Å²) < 4.78 is 55.8. The van der Waals surface area contributed by atoms with Crippen molar-refractivity contribution in [1.82, 2.24) is 14.8 Å². The van der Waals surface area contributed by atoms with Crippen LogP contribution >= 0.6 is 0 Å². The number of halogens is 4. The highest BCUT2D eigenvalue weighted by Gasteiger charge is 2.56. The quantitative estimate of drug-likeness (QED) is 0.525. The Morgan fingerprint density at radius 3 is 2.33 bits per heavy atom. The summed E-state index contributed by atoms with van der Waals surface area (Å²) in [7, 11) is 0. The number of aromatic nitrogens is 3. The smallest absolute Gasteiger partial charge is 0.372 e. The van der Waals surface area contributed by atoms with Gasteiger partial charge in [0.05, 0.1) is 17.4 Å². The summed E-state index contributed by atoms with van der Waals surface area (Å²) in [5.74, 6) is -0.403. The van der Waals surface area contributed by atoms with E-state index < -0.39 is 17.6 Å². The van der Waals surface area contributed by atoms with Crippen molar-refractivity contribution in [3.63, 3.8) is 0 Å². The first kappa shape index (κ1) is 17.3. The normalized spacial score (nSPS) is 14.4. The molecule has 0 aliphatic carbocycles. The summed E-state index contributed by atoms with van der Waals surface area (Å²) in [5.41, 5.74) is -2.68. The summed E-state index contributed by atoms with van der Waals surface area (Å²) in [6.07, 6.45) is -1.09. The Balaban J connectivity index is 1.86. The fraction of sp³-hybridized carbons (Fsp3) is 0.105.